The summed E-state index contributed by atoms with van der Waals surface area (Å²) in [6.45, 7) is 0. The maximum Gasteiger partial charge on any atom is 0.137 e. The summed E-state index contributed by atoms with van der Waals surface area (Å²) in [7, 11) is 0. The number of hydrogen-bond donors (Lipinski definition) is 1. The number of hydrogen-bond acceptors (Lipinski definition) is 2. The van der Waals surface area contributed by atoms with E-state index in [1.807, 2.05) is 0 Å². The molecular formula is C5H6N3. The normalized spacial score (nSPS) is 19.0. The van der Waals surface area contributed by atoms with Crippen molar-refractivity contribution in [1.82, 2.24) is 15.2 Å². The lowest BCUT2D eigenvalue weighted by molar-refractivity contribution is 1.04. The van der Waals surface area contributed by atoms with Crippen LogP contribution in [0.25, 0.3) is 0 Å². The van der Waals surface area contributed by atoms with Crippen LogP contribution in [0, 0.1) is 5.92 Å². The third-order valence-electron chi connectivity index (χ3n) is 1.25. The largest absolute Gasteiger partial charge is 0.331 e. The molecule has 0 amide bonds. The van der Waals surface area contributed by atoms with Crippen LogP contribution < -0.4 is 0 Å². The van der Waals surface area contributed by atoms with Crippen molar-refractivity contribution in [2.45, 2.75) is 12.8 Å². The van der Waals surface area contributed by atoms with Crippen LogP contribution in [0.4, 0.5) is 0 Å². The van der Waals surface area contributed by atoms with Crippen molar-refractivity contribution in [2.75, 3.05) is 0 Å². The summed E-state index contributed by atoms with van der Waals surface area (Å²) in [6, 6.07) is 0. The predicted molar refractivity (Wildman–Crippen MR) is 28.0 cm³/mol. The van der Waals surface area contributed by atoms with E-state index < -0.39 is 0 Å². The molecular weight excluding hydrogens is 102 g/mol. The van der Waals surface area contributed by atoms with Crippen molar-refractivity contribution < 1.29 is 0 Å². The third kappa shape index (κ3) is 0.510. The van der Waals surface area contributed by atoms with Crippen molar-refractivity contribution in [1.29, 1.82) is 0 Å². The van der Waals surface area contributed by atoms with Crippen molar-refractivity contribution in [3.05, 3.63) is 18.1 Å². The Balaban J connectivity index is 2.28. The van der Waals surface area contributed by atoms with Crippen molar-refractivity contribution in [3.8, 4) is 0 Å². The van der Waals surface area contributed by atoms with Gasteiger partial charge in [-0.2, -0.15) is 0 Å². The highest BCUT2D eigenvalue weighted by molar-refractivity contribution is 5.23. The van der Waals surface area contributed by atoms with Crippen LogP contribution in [-0.2, 0) is 0 Å². The second-order valence-corrected chi connectivity index (χ2v) is 1.94. The van der Waals surface area contributed by atoms with Crippen molar-refractivity contribution in [2.24, 2.45) is 0 Å². The van der Waals surface area contributed by atoms with E-state index in [0.29, 0.717) is 0 Å². The molecule has 1 saturated carbocycles. The molecule has 3 nitrogen and oxygen atoms in total. The second-order valence-electron chi connectivity index (χ2n) is 1.94. The third-order valence-corrected chi connectivity index (χ3v) is 1.25. The van der Waals surface area contributed by atoms with E-state index in [1.54, 1.807) is 6.33 Å². The second kappa shape index (κ2) is 1.31. The zero-order valence-electron chi connectivity index (χ0n) is 4.39. The van der Waals surface area contributed by atoms with Crippen LogP contribution >= 0.6 is 0 Å². The monoisotopic (exact) mass is 108 g/mol. The predicted octanol–water partition coefficient (Wildman–Crippen LogP) is 0.521. The zero-order chi connectivity index (χ0) is 5.40. The molecule has 0 aromatic carbocycles. The Morgan fingerprint density at radius 2 is 2.38 bits per heavy atom. The van der Waals surface area contributed by atoms with E-state index in [4.69, 9.17) is 0 Å². The zero-order valence-corrected chi connectivity index (χ0v) is 4.39. The summed E-state index contributed by atoms with van der Waals surface area (Å²) in [5, 5.41) is 7.49. The Bertz CT molecular complexity index is 164. The number of aromatic nitrogens is 3. The number of nitrogens with one attached hydrogen (secondary N) is 1. The minimum absolute atomic E-state index is 0.977. The molecule has 0 unspecified atom stereocenters. The standard InChI is InChI=1S/C5H6N3/c1-2-4(1)5-6-3-7-8-5/h3H,1-2H2,(H,6,7,8). The lowest BCUT2D eigenvalue weighted by Crippen LogP contribution is -1.80. The Hall–Kier alpha value is -0.860. The van der Waals surface area contributed by atoms with Gasteiger partial charge >= 0.3 is 0 Å². The Kier molecular flexibility index (Phi) is 0.664. The molecule has 3 heteroatoms. The van der Waals surface area contributed by atoms with Gasteiger partial charge in [-0.25, -0.2) is 0 Å². The molecule has 1 N–H and O–H groups in total. The molecule has 2 rings (SSSR count). The molecule has 0 spiro atoms. The van der Waals surface area contributed by atoms with Crippen molar-refractivity contribution >= 4 is 0 Å². The summed E-state index contributed by atoms with van der Waals surface area (Å²) in [6.07, 6.45) is 4.02. The highest BCUT2D eigenvalue weighted by Crippen LogP contribution is 2.35. The summed E-state index contributed by atoms with van der Waals surface area (Å²) in [5.41, 5.74) is 0. The van der Waals surface area contributed by atoms with Crippen LogP contribution in [0.15, 0.2) is 6.33 Å². The van der Waals surface area contributed by atoms with Gasteiger partial charge in [-0.15, -0.1) is 10.2 Å². The fraction of sp³-hybridized carbons (Fsp3) is 0.400. The summed E-state index contributed by atoms with van der Waals surface area (Å²) < 4.78 is 0. The minimum Gasteiger partial charge on any atom is -0.331 e. The maximum atomic E-state index is 3.84. The Morgan fingerprint density at radius 3 is 2.88 bits per heavy atom. The highest BCUT2D eigenvalue weighted by atomic mass is 15.2. The Morgan fingerprint density at radius 1 is 1.50 bits per heavy atom. The van der Waals surface area contributed by atoms with Crippen LogP contribution in [0.2, 0.25) is 0 Å². The smallest absolute Gasteiger partial charge is 0.137 e. The molecule has 1 aromatic heterocycles. The fourth-order valence-corrected chi connectivity index (χ4v) is 0.678. The topological polar surface area (TPSA) is 41.6 Å². The summed E-state index contributed by atoms with van der Waals surface area (Å²) in [5.74, 6) is 2.38. The van der Waals surface area contributed by atoms with E-state index in [1.165, 1.54) is 18.8 Å². The Labute approximate surface area is 47.1 Å². The van der Waals surface area contributed by atoms with Gasteiger partial charge in [-0.3, -0.25) is 0 Å². The van der Waals surface area contributed by atoms with Gasteiger partial charge in [0.05, 0.1) is 0 Å². The van der Waals surface area contributed by atoms with Gasteiger partial charge in [0, 0.05) is 5.92 Å². The molecule has 0 aliphatic heterocycles. The van der Waals surface area contributed by atoms with Crippen LogP contribution in [0.3, 0.4) is 0 Å². The lowest BCUT2D eigenvalue weighted by atomic mass is 10.4. The number of aromatic amines is 1. The number of H-pyrrole nitrogens is 1. The van der Waals surface area contributed by atoms with E-state index in [2.05, 4.69) is 15.2 Å². The molecule has 1 radical (unpaired) electrons. The van der Waals surface area contributed by atoms with E-state index in [-0.39, 0.29) is 0 Å². The van der Waals surface area contributed by atoms with Crippen molar-refractivity contribution in [3.63, 3.8) is 0 Å². The molecule has 8 heavy (non-hydrogen) atoms. The maximum absolute atomic E-state index is 3.84. The van der Waals surface area contributed by atoms with E-state index >= 15 is 0 Å². The molecule has 41 valence electrons. The van der Waals surface area contributed by atoms with Crippen LogP contribution in [0.1, 0.15) is 18.7 Å². The number of nitrogens with zero attached hydrogens (tertiary/aromatic N) is 2. The fourth-order valence-electron chi connectivity index (χ4n) is 0.678. The molecule has 0 atom stereocenters. The minimum atomic E-state index is 0.977. The average Bonchev–Trinajstić information content (AvgIpc) is 2.49. The SMILES string of the molecule is c1nnc([C]2CC2)[nH]1. The quantitative estimate of drug-likeness (QED) is 0.569. The van der Waals surface area contributed by atoms with Gasteiger partial charge < -0.3 is 4.98 Å². The molecule has 0 saturated heterocycles. The molecule has 1 aromatic rings. The summed E-state index contributed by atoms with van der Waals surface area (Å²) >= 11 is 0. The van der Waals surface area contributed by atoms with Crippen LogP contribution in [0.5, 0.6) is 0 Å². The lowest BCUT2D eigenvalue weighted by Gasteiger charge is -1.79. The highest BCUT2D eigenvalue weighted by Gasteiger charge is 2.26. The molecule has 1 heterocycles. The summed E-state index contributed by atoms with van der Waals surface area (Å²) in [4.78, 5) is 2.94. The first-order valence-corrected chi connectivity index (χ1v) is 2.68. The van der Waals surface area contributed by atoms with Gasteiger partial charge in [0.15, 0.2) is 0 Å². The first kappa shape index (κ1) is 4.06. The van der Waals surface area contributed by atoms with E-state index in [0.717, 1.165) is 5.82 Å². The number of rotatable bonds is 1. The van der Waals surface area contributed by atoms with E-state index in [9.17, 15) is 0 Å². The van der Waals surface area contributed by atoms with Crippen LogP contribution in [-0.4, -0.2) is 15.2 Å². The first-order valence-electron chi connectivity index (χ1n) is 2.68. The van der Waals surface area contributed by atoms with Gasteiger partial charge in [-0.1, -0.05) is 0 Å². The molecule has 1 aliphatic carbocycles. The first-order chi connectivity index (χ1) is 3.97. The van der Waals surface area contributed by atoms with Gasteiger partial charge in [-0.05, 0) is 12.8 Å². The molecule has 1 fully saturated rings. The molecule has 1 aliphatic rings. The molecule has 0 bridgehead atoms. The van der Waals surface area contributed by atoms with Gasteiger partial charge in [0.2, 0.25) is 0 Å². The average molecular weight is 108 g/mol. The van der Waals surface area contributed by atoms with Gasteiger partial charge in [0.1, 0.15) is 12.2 Å². The van der Waals surface area contributed by atoms with Gasteiger partial charge in [0.25, 0.3) is 0 Å².